The first-order chi connectivity index (χ1) is 8.15. The molecule has 1 saturated heterocycles. The van der Waals surface area contributed by atoms with Gasteiger partial charge in [0.15, 0.2) is 0 Å². The van der Waals surface area contributed by atoms with Crippen LogP contribution in [-0.4, -0.2) is 31.7 Å². The Balaban J connectivity index is 2.41. The van der Waals surface area contributed by atoms with Gasteiger partial charge in [0, 0.05) is 12.2 Å². The van der Waals surface area contributed by atoms with Crippen molar-refractivity contribution in [2.24, 2.45) is 5.73 Å². The molecular formula is C13H18N2O2. The van der Waals surface area contributed by atoms with Gasteiger partial charge in [-0.1, -0.05) is 12.1 Å². The number of amides is 1. The molecule has 1 amide bonds. The molecule has 0 aromatic heterocycles. The Morgan fingerprint density at radius 1 is 1.47 bits per heavy atom. The van der Waals surface area contributed by atoms with Crippen LogP contribution in [-0.2, 0) is 9.53 Å². The van der Waals surface area contributed by atoms with E-state index >= 15 is 0 Å². The third-order valence-electron chi connectivity index (χ3n) is 3.28. The third-order valence-corrected chi connectivity index (χ3v) is 3.28. The zero-order valence-electron chi connectivity index (χ0n) is 10.3. The number of aryl methyl sites for hydroxylation is 1. The van der Waals surface area contributed by atoms with Gasteiger partial charge in [-0.3, -0.25) is 4.79 Å². The molecule has 0 spiro atoms. The highest BCUT2D eigenvalue weighted by Crippen LogP contribution is 2.26. The van der Waals surface area contributed by atoms with Crippen LogP contribution in [0.1, 0.15) is 11.1 Å². The van der Waals surface area contributed by atoms with Crippen LogP contribution in [0, 0.1) is 13.8 Å². The molecule has 1 aliphatic rings. The molecule has 0 saturated carbocycles. The van der Waals surface area contributed by atoms with Crippen LogP contribution in [0.4, 0.5) is 5.69 Å². The molecule has 0 aliphatic carbocycles. The van der Waals surface area contributed by atoms with Crippen LogP contribution < -0.4 is 10.6 Å². The standard InChI is InChI=1S/C13H18N2O2/c1-9-4-3-5-12(10(9)2)15-11(6-14)7-17-8-13(15)16/h3-5,11H,6-8,14H2,1-2H3. The van der Waals surface area contributed by atoms with Crippen molar-refractivity contribution in [2.45, 2.75) is 19.9 Å². The molecule has 2 N–H and O–H groups in total. The number of anilines is 1. The Labute approximate surface area is 101 Å². The first-order valence-electron chi connectivity index (χ1n) is 5.81. The molecule has 1 aromatic rings. The number of rotatable bonds is 2. The molecule has 2 rings (SSSR count). The average Bonchev–Trinajstić information content (AvgIpc) is 2.33. The van der Waals surface area contributed by atoms with E-state index in [4.69, 9.17) is 10.5 Å². The van der Waals surface area contributed by atoms with E-state index in [1.165, 1.54) is 5.56 Å². The lowest BCUT2D eigenvalue weighted by Gasteiger charge is -2.35. The van der Waals surface area contributed by atoms with Crippen molar-refractivity contribution in [1.29, 1.82) is 0 Å². The number of nitrogens with zero attached hydrogens (tertiary/aromatic N) is 1. The van der Waals surface area contributed by atoms with E-state index in [1.807, 2.05) is 32.0 Å². The van der Waals surface area contributed by atoms with Crippen LogP contribution in [0.25, 0.3) is 0 Å². The summed E-state index contributed by atoms with van der Waals surface area (Å²) in [6.45, 7) is 5.14. The molecule has 17 heavy (non-hydrogen) atoms. The highest BCUT2D eigenvalue weighted by molar-refractivity contribution is 5.96. The smallest absolute Gasteiger partial charge is 0.253 e. The number of nitrogens with two attached hydrogens (primary N) is 1. The Morgan fingerprint density at radius 3 is 2.94 bits per heavy atom. The minimum absolute atomic E-state index is 0.0135. The molecule has 1 atom stereocenters. The Morgan fingerprint density at radius 2 is 2.24 bits per heavy atom. The summed E-state index contributed by atoms with van der Waals surface area (Å²) >= 11 is 0. The van der Waals surface area contributed by atoms with Gasteiger partial charge >= 0.3 is 0 Å². The van der Waals surface area contributed by atoms with E-state index < -0.39 is 0 Å². The maximum Gasteiger partial charge on any atom is 0.253 e. The largest absolute Gasteiger partial charge is 0.369 e. The number of hydrogen-bond acceptors (Lipinski definition) is 3. The topological polar surface area (TPSA) is 55.6 Å². The van der Waals surface area contributed by atoms with Gasteiger partial charge < -0.3 is 15.4 Å². The predicted octanol–water partition coefficient (Wildman–Crippen LogP) is 0.994. The van der Waals surface area contributed by atoms with Gasteiger partial charge in [-0.25, -0.2) is 0 Å². The summed E-state index contributed by atoms with van der Waals surface area (Å²) in [5, 5.41) is 0. The van der Waals surface area contributed by atoms with Crippen LogP contribution in [0.3, 0.4) is 0 Å². The fourth-order valence-electron chi connectivity index (χ4n) is 2.13. The third kappa shape index (κ3) is 2.18. The van der Waals surface area contributed by atoms with Crippen molar-refractivity contribution in [2.75, 3.05) is 24.7 Å². The summed E-state index contributed by atoms with van der Waals surface area (Å²) in [4.78, 5) is 13.8. The summed E-state index contributed by atoms with van der Waals surface area (Å²) in [6.07, 6.45) is 0. The summed E-state index contributed by atoms with van der Waals surface area (Å²) in [7, 11) is 0. The molecule has 1 aromatic carbocycles. The first kappa shape index (κ1) is 12.1. The number of carbonyl (C=O) groups excluding carboxylic acids is 1. The second kappa shape index (κ2) is 4.85. The molecule has 92 valence electrons. The number of carbonyl (C=O) groups is 1. The average molecular weight is 234 g/mol. The van der Waals surface area contributed by atoms with Gasteiger partial charge in [-0.15, -0.1) is 0 Å². The van der Waals surface area contributed by atoms with E-state index in [9.17, 15) is 4.79 Å². The van der Waals surface area contributed by atoms with Gasteiger partial charge in [0.1, 0.15) is 6.61 Å². The lowest BCUT2D eigenvalue weighted by atomic mass is 10.1. The van der Waals surface area contributed by atoms with Crippen molar-refractivity contribution in [3.8, 4) is 0 Å². The lowest BCUT2D eigenvalue weighted by molar-refractivity contribution is -0.127. The fourth-order valence-corrected chi connectivity index (χ4v) is 2.13. The van der Waals surface area contributed by atoms with Crippen molar-refractivity contribution in [3.63, 3.8) is 0 Å². The second-order valence-electron chi connectivity index (χ2n) is 4.39. The summed E-state index contributed by atoms with van der Waals surface area (Å²) in [5.41, 5.74) is 8.96. The van der Waals surface area contributed by atoms with Crippen molar-refractivity contribution >= 4 is 11.6 Å². The highest BCUT2D eigenvalue weighted by atomic mass is 16.5. The minimum atomic E-state index is -0.0586. The lowest BCUT2D eigenvalue weighted by Crippen LogP contribution is -2.53. The summed E-state index contributed by atoms with van der Waals surface area (Å²) in [5.74, 6) is -0.0135. The van der Waals surface area contributed by atoms with Crippen molar-refractivity contribution in [3.05, 3.63) is 29.3 Å². The summed E-state index contributed by atoms with van der Waals surface area (Å²) < 4.78 is 5.24. The number of benzene rings is 1. The Hall–Kier alpha value is -1.39. The van der Waals surface area contributed by atoms with Gasteiger partial charge in [0.05, 0.1) is 12.6 Å². The normalized spacial score (nSPS) is 20.8. The highest BCUT2D eigenvalue weighted by Gasteiger charge is 2.30. The number of ether oxygens (including phenoxy) is 1. The second-order valence-corrected chi connectivity index (χ2v) is 4.39. The fraction of sp³-hybridized carbons (Fsp3) is 0.462. The molecule has 1 fully saturated rings. The maximum absolute atomic E-state index is 12.0. The number of morpholine rings is 1. The Kier molecular flexibility index (Phi) is 3.45. The van der Waals surface area contributed by atoms with E-state index in [-0.39, 0.29) is 18.6 Å². The van der Waals surface area contributed by atoms with Crippen LogP contribution >= 0.6 is 0 Å². The molecule has 1 aliphatic heterocycles. The van der Waals surface area contributed by atoms with E-state index in [2.05, 4.69) is 0 Å². The molecule has 1 heterocycles. The van der Waals surface area contributed by atoms with Crippen LogP contribution in [0.15, 0.2) is 18.2 Å². The Bertz CT molecular complexity index is 431. The zero-order valence-corrected chi connectivity index (χ0v) is 10.3. The van der Waals surface area contributed by atoms with Gasteiger partial charge in [-0.2, -0.15) is 0 Å². The van der Waals surface area contributed by atoms with Crippen molar-refractivity contribution < 1.29 is 9.53 Å². The van der Waals surface area contributed by atoms with E-state index in [0.717, 1.165) is 11.3 Å². The predicted molar refractivity (Wildman–Crippen MR) is 67.1 cm³/mol. The molecule has 0 bridgehead atoms. The van der Waals surface area contributed by atoms with Gasteiger partial charge in [-0.05, 0) is 31.0 Å². The zero-order chi connectivity index (χ0) is 12.4. The molecule has 4 nitrogen and oxygen atoms in total. The quantitative estimate of drug-likeness (QED) is 0.830. The van der Waals surface area contributed by atoms with Gasteiger partial charge in [0.25, 0.3) is 5.91 Å². The molecule has 1 unspecified atom stereocenters. The van der Waals surface area contributed by atoms with Crippen molar-refractivity contribution in [1.82, 2.24) is 0 Å². The van der Waals surface area contributed by atoms with Crippen LogP contribution in [0.5, 0.6) is 0 Å². The van der Waals surface area contributed by atoms with E-state index in [0.29, 0.717) is 13.2 Å². The molecular weight excluding hydrogens is 216 g/mol. The first-order valence-corrected chi connectivity index (χ1v) is 5.81. The monoisotopic (exact) mass is 234 g/mol. The summed E-state index contributed by atoms with van der Waals surface area (Å²) in [6, 6.07) is 5.92. The SMILES string of the molecule is Cc1cccc(N2C(=O)COCC2CN)c1C. The minimum Gasteiger partial charge on any atom is -0.369 e. The molecule has 4 heteroatoms. The number of hydrogen-bond donors (Lipinski definition) is 1. The van der Waals surface area contributed by atoms with Crippen LogP contribution in [0.2, 0.25) is 0 Å². The van der Waals surface area contributed by atoms with Gasteiger partial charge in [0.2, 0.25) is 0 Å². The molecule has 0 radical (unpaired) electrons. The van der Waals surface area contributed by atoms with E-state index in [1.54, 1.807) is 4.90 Å². The maximum atomic E-state index is 12.0.